The van der Waals surface area contributed by atoms with Crippen molar-refractivity contribution in [3.05, 3.63) is 59.2 Å². The summed E-state index contributed by atoms with van der Waals surface area (Å²) in [6.07, 6.45) is 5.33. The molecule has 0 spiro atoms. The van der Waals surface area contributed by atoms with Crippen molar-refractivity contribution in [3.8, 4) is 12.3 Å². The van der Waals surface area contributed by atoms with Crippen LogP contribution in [-0.4, -0.2) is 18.4 Å². The lowest BCUT2D eigenvalue weighted by Crippen LogP contribution is -2.25. The molecule has 0 aliphatic carbocycles. The Balaban J connectivity index is 1.93. The fourth-order valence-electron chi connectivity index (χ4n) is 2.28. The fraction of sp³-hybridized carbons (Fsp3) is 0.158. The van der Waals surface area contributed by atoms with E-state index >= 15 is 0 Å². The molecule has 0 aliphatic rings. The zero-order valence-corrected chi connectivity index (χ0v) is 13.8. The van der Waals surface area contributed by atoms with E-state index in [9.17, 15) is 4.79 Å². The first-order chi connectivity index (χ1) is 11.5. The van der Waals surface area contributed by atoms with Gasteiger partial charge in [-0.25, -0.2) is 4.99 Å². The summed E-state index contributed by atoms with van der Waals surface area (Å²) in [5.41, 5.74) is 10.2. The third-order valence-corrected chi connectivity index (χ3v) is 3.20. The summed E-state index contributed by atoms with van der Waals surface area (Å²) in [5.74, 6) is 2.44. The topological polar surface area (TPSA) is 79.5 Å². The number of hydrogen-bond acceptors (Lipinski definition) is 2. The molecule has 4 N–H and O–H groups in total. The van der Waals surface area contributed by atoms with Gasteiger partial charge in [-0.2, -0.15) is 0 Å². The Labute approximate surface area is 142 Å². The number of carbonyl (C=O) groups is 1. The standard InChI is InChI=1S/C19H20N4O/c1-4-15-6-5-7-16(11-15)22-18(24)12-21-19(20)23-17-9-13(2)8-14(3)10-17/h1,5-11H,12H2,2-3H3,(H,22,24)(H3,20,21,23). The van der Waals surface area contributed by atoms with Gasteiger partial charge in [0.25, 0.3) is 0 Å². The molecule has 24 heavy (non-hydrogen) atoms. The number of carbonyl (C=O) groups excluding carboxylic acids is 1. The lowest BCUT2D eigenvalue weighted by molar-refractivity contribution is -0.114. The molecule has 2 rings (SSSR count). The monoisotopic (exact) mass is 320 g/mol. The van der Waals surface area contributed by atoms with E-state index in [0.29, 0.717) is 11.3 Å². The maximum absolute atomic E-state index is 11.9. The molecule has 1 amide bonds. The van der Waals surface area contributed by atoms with E-state index in [-0.39, 0.29) is 18.4 Å². The predicted molar refractivity (Wildman–Crippen MR) is 99.0 cm³/mol. The molecule has 0 unspecified atom stereocenters. The van der Waals surface area contributed by atoms with Crippen LogP contribution in [0.2, 0.25) is 0 Å². The van der Waals surface area contributed by atoms with E-state index in [1.165, 1.54) is 0 Å². The fourth-order valence-corrected chi connectivity index (χ4v) is 2.28. The first kappa shape index (κ1) is 17.1. The zero-order chi connectivity index (χ0) is 17.5. The Morgan fingerprint density at radius 3 is 2.50 bits per heavy atom. The van der Waals surface area contributed by atoms with Gasteiger partial charge in [0.15, 0.2) is 5.96 Å². The molecule has 0 aromatic heterocycles. The van der Waals surface area contributed by atoms with Gasteiger partial charge < -0.3 is 16.4 Å². The van der Waals surface area contributed by atoms with Gasteiger partial charge in [0.05, 0.1) is 0 Å². The molecule has 0 atom stereocenters. The van der Waals surface area contributed by atoms with Gasteiger partial charge in [-0.05, 0) is 55.3 Å². The molecule has 5 nitrogen and oxygen atoms in total. The Kier molecular flexibility index (Phi) is 5.58. The number of nitrogens with zero attached hydrogens (tertiary/aromatic N) is 1. The second-order valence-electron chi connectivity index (χ2n) is 5.48. The summed E-state index contributed by atoms with van der Waals surface area (Å²) < 4.78 is 0. The Hall–Kier alpha value is -3.26. The van der Waals surface area contributed by atoms with E-state index in [1.54, 1.807) is 24.3 Å². The summed E-state index contributed by atoms with van der Waals surface area (Å²) in [5, 5.41) is 5.71. The molecular weight excluding hydrogens is 300 g/mol. The number of aliphatic imine (C=N–C) groups is 1. The molecule has 5 heteroatoms. The Morgan fingerprint density at radius 2 is 1.83 bits per heavy atom. The smallest absolute Gasteiger partial charge is 0.246 e. The Morgan fingerprint density at radius 1 is 1.12 bits per heavy atom. The number of amides is 1. The van der Waals surface area contributed by atoms with Crippen LogP contribution >= 0.6 is 0 Å². The molecule has 0 fully saturated rings. The molecule has 0 heterocycles. The third kappa shape index (κ3) is 5.18. The van der Waals surface area contributed by atoms with Crippen molar-refractivity contribution in [2.75, 3.05) is 17.2 Å². The first-order valence-corrected chi connectivity index (χ1v) is 7.48. The number of hydrogen-bond donors (Lipinski definition) is 3. The van der Waals surface area contributed by atoms with Crippen LogP contribution in [0.5, 0.6) is 0 Å². The lowest BCUT2D eigenvalue weighted by Gasteiger charge is -2.08. The van der Waals surface area contributed by atoms with Crippen LogP contribution < -0.4 is 16.4 Å². The minimum Gasteiger partial charge on any atom is -0.370 e. The van der Waals surface area contributed by atoms with Crippen LogP contribution in [-0.2, 0) is 4.79 Å². The van der Waals surface area contributed by atoms with E-state index in [0.717, 1.165) is 16.8 Å². The second-order valence-corrected chi connectivity index (χ2v) is 5.48. The maximum Gasteiger partial charge on any atom is 0.246 e. The first-order valence-electron chi connectivity index (χ1n) is 7.48. The van der Waals surface area contributed by atoms with Gasteiger partial charge in [-0.1, -0.05) is 18.1 Å². The summed E-state index contributed by atoms with van der Waals surface area (Å²) in [7, 11) is 0. The molecule has 0 saturated heterocycles. The van der Waals surface area contributed by atoms with Crippen LogP contribution in [0.3, 0.4) is 0 Å². The van der Waals surface area contributed by atoms with Crippen LogP contribution in [0.15, 0.2) is 47.5 Å². The third-order valence-electron chi connectivity index (χ3n) is 3.20. The average molecular weight is 320 g/mol. The number of nitrogens with one attached hydrogen (secondary N) is 2. The summed E-state index contributed by atoms with van der Waals surface area (Å²) >= 11 is 0. The largest absolute Gasteiger partial charge is 0.370 e. The number of terminal acetylenes is 1. The summed E-state index contributed by atoms with van der Waals surface area (Å²) in [6, 6.07) is 13.0. The SMILES string of the molecule is C#Cc1cccc(NC(=O)CN=C(N)Nc2cc(C)cc(C)c2)c1. The van der Waals surface area contributed by atoms with Gasteiger partial charge in [0, 0.05) is 16.9 Å². The normalized spacial score (nSPS) is 10.8. The molecule has 122 valence electrons. The quantitative estimate of drug-likeness (QED) is 0.460. The van der Waals surface area contributed by atoms with Gasteiger partial charge >= 0.3 is 0 Å². The van der Waals surface area contributed by atoms with Crippen molar-refractivity contribution in [2.24, 2.45) is 10.7 Å². The van der Waals surface area contributed by atoms with Crippen molar-refractivity contribution in [1.29, 1.82) is 0 Å². The zero-order valence-electron chi connectivity index (χ0n) is 13.8. The molecular formula is C19H20N4O. The van der Waals surface area contributed by atoms with Crippen LogP contribution in [0.4, 0.5) is 11.4 Å². The van der Waals surface area contributed by atoms with Gasteiger partial charge in [0.2, 0.25) is 5.91 Å². The van der Waals surface area contributed by atoms with Crippen molar-refractivity contribution in [3.63, 3.8) is 0 Å². The highest BCUT2D eigenvalue weighted by molar-refractivity contribution is 5.97. The van der Waals surface area contributed by atoms with Gasteiger partial charge in [-0.15, -0.1) is 6.42 Å². The second kappa shape index (κ2) is 7.84. The van der Waals surface area contributed by atoms with Crippen molar-refractivity contribution >= 4 is 23.2 Å². The number of guanidine groups is 1. The summed E-state index contributed by atoms with van der Waals surface area (Å²) in [4.78, 5) is 16.0. The maximum atomic E-state index is 11.9. The number of aryl methyl sites for hydroxylation is 2. The van der Waals surface area contributed by atoms with Gasteiger partial charge in [-0.3, -0.25) is 4.79 Å². The average Bonchev–Trinajstić information content (AvgIpc) is 2.52. The van der Waals surface area contributed by atoms with Crippen LogP contribution in [0, 0.1) is 26.2 Å². The predicted octanol–water partition coefficient (Wildman–Crippen LogP) is 2.65. The Bertz CT molecular complexity index is 798. The molecule has 0 aliphatic heterocycles. The van der Waals surface area contributed by atoms with Crippen LogP contribution in [0.1, 0.15) is 16.7 Å². The highest BCUT2D eigenvalue weighted by Gasteiger charge is 2.03. The van der Waals surface area contributed by atoms with Crippen LogP contribution in [0.25, 0.3) is 0 Å². The van der Waals surface area contributed by atoms with E-state index in [2.05, 4.69) is 27.6 Å². The number of benzene rings is 2. The highest BCUT2D eigenvalue weighted by Crippen LogP contribution is 2.13. The number of rotatable bonds is 4. The van der Waals surface area contributed by atoms with Crippen molar-refractivity contribution in [1.82, 2.24) is 0 Å². The molecule has 2 aromatic carbocycles. The lowest BCUT2D eigenvalue weighted by atomic mass is 10.1. The van der Waals surface area contributed by atoms with E-state index < -0.39 is 0 Å². The van der Waals surface area contributed by atoms with Gasteiger partial charge in [0.1, 0.15) is 6.54 Å². The number of anilines is 2. The molecule has 0 radical (unpaired) electrons. The van der Waals surface area contributed by atoms with Crippen molar-refractivity contribution < 1.29 is 4.79 Å². The minimum atomic E-state index is -0.269. The highest BCUT2D eigenvalue weighted by atomic mass is 16.1. The summed E-state index contributed by atoms with van der Waals surface area (Å²) in [6.45, 7) is 3.93. The molecule has 2 aromatic rings. The minimum absolute atomic E-state index is 0.0795. The molecule has 0 saturated carbocycles. The van der Waals surface area contributed by atoms with E-state index in [1.807, 2.05) is 26.0 Å². The van der Waals surface area contributed by atoms with E-state index in [4.69, 9.17) is 12.2 Å². The van der Waals surface area contributed by atoms with Crippen molar-refractivity contribution in [2.45, 2.75) is 13.8 Å². The number of nitrogens with two attached hydrogens (primary N) is 1. The molecule has 0 bridgehead atoms.